The zero-order chi connectivity index (χ0) is 13.7. The third kappa shape index (κ3) is 3.72. The zero-order valence-corrected chi connectivity index (χ0v) is 10.8. The molecule has 2 atom stereocenters. The van der Waals surface area contributed by atoms with Crippen LogP contribution in [0.4, 0.5) is 0 Å². The first-order valence-corrected chi connectivity index (χ1v) is 6.24. The second-order valence-corrected chi connectivity index (χ2v) is 4.66. The molecule has 1 aliphatic heterocycles. The molecule has 2 amide bonds. The summed E-state index contributed by atoms with van der Waals surface area (Å²) in [4.78, 5) is 35.5. The van der Waals surface area contributed by atoms with Crippen LogP contribution in [0.3, 0.4) is 0 Å². The summed E-state index contributed by atoms with van der Waals surface area (Å²) in [7, 11) is 0. The number of rotatable bonds is 5. The quantitative estimate of drug-likeness (QED) is 0.737. The Bertz CT molecular complexity index is 333. The molecule has 1 fully saturated rings. The van der Waals surface area contributed by atoms with Crippen LogP contribution in [0.1, 0.15) is 33.1 Å². The van der Waals surface area contributed by atoms with Gasteiger partial charge in [0.2, 0.25) is 11.8 Å². The molecular weight excluding hydrogens is 236 g/mol. The molecule has 0 aromatic carbocycles. The highest BCUT2D eigenvalue weighted by atomic mass is 16.4. The van der Waals surface area contributed by atoms with Gasteiger partial charge in [-0.1, -0.05) is 6.92 Å². The molecule has 0 aliphatic carbocycles. The molecule has 0 saturated carbocycles. The van der Waals surface area contributed by atoms with Crippen LogP contribution in [0, 0.1) is 5.92 Å². The fraction of sp³-hybridized carbons (Fsp3) is 0.750. The third-order valence-corrected chi connectivity index (χ3v) is 3.33. The van der Waals surface area contributed by atoms with E-state index in [2.05, 4.69) is 5.32 Å². The number of piperidine rings is 1. The molecular formula is C12H20N2O4. The minimum absolute atomic E-state index is 0.0487. The van der Waals surface area contributed by atoms with E-state index in [1.807, 2.05) is 13.8 Å². The maximum atomic E-state index is 12.3. The van der Waals surface area contributed by atoms with Gasteiger partial charge in [-0.05, 0) is 19.8 Å². The first-order valence-electron chi connectivity index (χ1n) is 6.24. The number of hydrogen-bond donors (Lipinski definition) is 2. The van der Waals surface area contributed by atoms with E-state index in [9.17, 15) is 14.4 Å². The highest BCUT2D eigenvalue weighted by Gasteiger charge is 2.31. The number of carbonyl (C=O) groups excluding carboxylic acids is 2. The highest BCUT2D eigenvalue weighted by Crippen LogP contribution is 2.16. The molecule has 0 aromatic rings. The number of nitrogens with zero attached hydrogens (tertiary/aromatic N) is 1. The SMILES string of the molecule is CC[C@H](C)N(CC(=O)O)C(=O)[C@@H]1CCC(=O)NC1. The largest absolute Gasteiger partial charge is 0.480 e. The summed E-state index contributed by atoms with van der Waals surface area (Å²) in [5.74, 6) is -1.53. The predicted octanol–water partition coefficient (Wildman–Crippen LogP) is 0.224. The number of carbonyl (C=O) groups is 3. The standard InChI is InChI=1S/C12H20N2O4/c1-3-8(2)14(7-11(16)17)12(18)9-4-5-10(15)13-6-9/h8-9H,3-7H2,1-2H3,(H,13,15)(H,16,17)/t8-,9+/m0/s1. The first kappa shape index (κ1) is 14.5. The Morgan fingerprint density at radius 2 is 2.22 bits per heavy atom. The molecule has 0 aromatic heterocycles. The summed E-state index contributed by atoms with van der Waals surface area (Å²) in [6.45, 7) is 3.78. The van der Waals surface area contributed by atoms with Gasteiger partial charge in [-0.2, -0.15) is 0 Å². The second-order valence-electron chi connectivity index (χ2n) is 4.66. The average molecular weight is 256 g/mol. The summed E-state index contributed by atoms with van der Waals surface area (Å²) < 4.78 is 0. The Morgan fingerprint density at radius 1 is 1.56 bits per heavy atom. The Labute approximate surface area is 106 Å². The minimum Gasteiger partial charge on any atom is -0.480 e. The highest BCUT2D eigenvalue weighted by molar-refractivity contribution is 5.86. The molecule has 6 heteroatoms. The van der Waals surface area contributed by atoms with Gasteiger partial charge in [-0.3, -0.25) is 14.4 Å². The molecule has 18 heavy (non-hydrogen) atoms. The summed E-state index contributed by atoms with van der Waals surface area (Å²) in [5, 5.41) is 11.5. The summed E-state index contributed by atoms with van der Waals surface area (Å²) in [5.41, 5.74) is 0. The van der Waals surface area contributed by atoms with Gasteiger partial charge in [-0.25, -0.2) is 0 Å². The van der Waals surface area contributed by atoms with Gasteiger partial charge < -0.3 is 15.3 Å². The molecule has 2 N–H and O–H groups in total. The number of nitrogens with one attached hydrogen (secondary N) is 1. The van der Waals surface area contributed by atoms with Crippen LogP contribution >= 0.6 is 0 Å². The van der Waals surface area contributed by atoms with Gasteiger partial charge in [-0.15, -0.1) is 0 Å². The molecule has 0 unspecified atom stereocenters. The van der Waals surface area contributed by atoms with Crippen LogP contribution < -0.4 is 5.32 Å². The molecule has 6 nitrogen and oxygen atoms in total. The zero-order valence-electron chi connectivity index (χ0n) is 10.8. The van der Waals surface area contributed by atoms with E-state index in [0.29, 0.717) is 25.8 Å². The van der Waals surface area contributed by atoms with Gasteiger partial charge in [0.15, 0.2) is 0 Å². The van der Waals surface area contributed by atoms with Gasteiger partial charge in [0.1, 0.15) is 6.54 Å². The normalized spacial score (nSPS) is 21.0. The number of amides is 2. The maximum Gasteiger partial charge on any atom is 0.323 e. The molecule has 1 saturated heterocycles. The molecule has 0 spiro atoms. The lowest BCUT2D eigenvalue weighted by molar-refractivity contribution is -0.149. The van der Waals surface area contributed by atoms with Gasteiger partial charge >= 0.3 is 5.97 Å². The van der Waals surface area contributed by atoms with E-state index < -0.39 is 5.97 Å². The first-order chi connectivity index (χ1) is 8.45. The van der Waals surface area contributed by atoms with Crippen LogP contribution in [-0.2, 0) is 14.4 Å². The lowest BCUT2D eigenvalue weighted by atomic mass is 9.96. The van der Waals surface area contributed by atoms with Crippen molar-refractivity contribution < 1.29 is 19.5 Å². The summed E-state index contributed by atoms with van der Waals surface area (Å²) >= 11 is 0. The van der Waals surface area contributed by atoms with E-state index in [1.54, 1.807) is 0 Å². The molecule has 1 aliphatic rings. The van der Waals surface area contributed by atoms with Crippen molar-refractivity contribution in [3.8, 4) is 0 Å². The van der Waals surface area contributed by atoms with Crippen LogP contribution in [-0.4, -0.2) is 46.9 Å². The average Bonchev–Trinajstić information content (AvgIpc) is 2.35. The second kappa shape index (κ2) is 6.37. The lowest BCUT2D eigenvalue weighted by Gasteiger charge is -2.32. The number of carboxylic acids is 1. The van der Waals surface area contributed by atoms with E-state index in [4.69, 9.17) is 5.11 Å². The third-order valence-electron chi connectivity index (χ3n) is 3.33. The van der Waals surface area contributed by atoms with Crippen LogP contribution in [0.5, 0.6) is 0 Å². The van der Waals surface area contributed by atoms with Crippen molar-refractivity contribution in [1.29, 1.82) is 0 Å². The summed E-state index contributed by atoms with van der Waals surface area (Å²) in [6.07, 6.45) is 1.53. The van der Waals surface area contributed by atoms with Crippen molar-refractivity contribution in [1.82, 2.24) is 10.2 Å². The number of hydrogen-bond acceptors (Lipinski definition) is 3. The maximum absolute atomic E-state index is 12.3. The number of carboxylic acid groups (broad SMARTS) is 1. The van der Waals surface area contributed by atoms with Crippen molar-refractivity contribution in [2.24, 2.45) is 5.92 Å². The van der Waals surface area contributed by atoms with Crippen molar-refractivity contribution in [2.45, 2.75) is 39.2 Å². The van der Waals surface area contributed by atoms with E-state index >= 15 is 0 Å². The van der Waals surface area contributed by atoms with E-state index in [1.165, 1.54) is 4.90 Å². The van der Waals surface area contributed by atoms with Gasteiger partial charge in [0.05, 0.1) is 5.92 Å². The lowest BCUT2D eigenvalue weighted by Crippen LogP contribution is -2.49. The number of aliphatic carboxylic acids is 1. The van der Waals surface area contributed by atoms with Gasteiger partial charge in [0, 0.05) is 19.0 Å². The molecule has 0 radical (unpaired) electrons. The van der Waals surface area contributed by atoms with Crippen molar-refractivity contribution in [2.75, 3.05) is 13.1 Å². The fourth-order valence-electron chi connectivity index (χ4n) is 2.00. The van der Waals surface area contributed by atoms with Crippen molar-refractivity contribution in [3.63, 3.8) is 0 Å². The van der Waals surface area contributed by atoms with Gasteiger partial charge in [0.25, 0.3) is 0 Å². The molecule has 1 heterocycles. The van der Waals surface area contributed by atoms with Crippen molar-refractivity contribution >= 4 is 17.8 Å². The Balaban J connectivity index is 2.69. The molecule has 0 bridgehead atoms. The van der Waals surface area contributed by atoms with E-state index in [0.717, 1.165) is 0 Å². The molecule has 1 rings (SSSR count). The Hall–Kier alpha value is -1.59. The topological polar surface area (TPSA) is 86.7 Å². The fourth-order valence-corrected chi connectivity index (χ4v) is 2.00. The van der Waals surface area contributed by atoms with E-state index in [-0.39, 0.29) is 30.3 Å². The predicted molar refractivity (Wildman–Crippen MR) is 64.8 cm³/mol. The monoisotopic (exact) mass is 256 g/mol. The molecule has 102 valence electrons. The Morgan fingerprint density at radius 3 is 2.67 bits per heavy atom. The van der Waals surface area contributed by atoms with Crippen molar-refractivity contribution in [3.05, 3.63) is 0 Å². The smallest absolute Gasteiger partial charge is 0.323 e. The van der Waals surface area contributed by atoms with Crippen LogP contribution in [0.2, 0.25) is 0 Å². The summed E-state index contributed by atoms with van der Waals surface area (Å²) in [6, 6.07) is -0.105. The van der Waals surface area contributed by atoms with Crippen LogP contribution in [0.25, 0.3) is 0 Å². The van der Waals surface area contributed by atoms with Crippen LogP contribution in [0.15, 0.2) is 0 Å². The Kier molecular flexibility index (Phi) is 5.12. The minimum atomic E-state index is -1.01.